The van der Waals surface area contributed by atoms with Gasteiger partial charge in [-0.1, -0.05) is 50.8 Å². The number of halogens is 1. The van der Waals surface area contributed by atoms with Gasteiger partial charge >= 0.3 is 0 Å². The van der Waals surface area contributed by atoms with E-state index in [2.05, 4.69) is 6.92 Å². The lowest BCUT2D eigenvalue weighted by Crippen LogP contribution is -2.13. The monoisotopic (exact) mass is 216 g/mol. The SMILES string of the molecule is CCCCCCCC/C=C/[Si](C)(C)F. The van der Waals surface area contributed by atoms with Crippen LogP contribution in [-0.4, -0.2) is 8.41 Å². The molecular weight excluding hydrogens is 191 g/mol. The molecule has 0 atom stereocenters. The zero-order valence-corrected chi connectivity index (χ0v) is 11.0. The second kappa shape index (κ2) is 8.22. The maximum absolute atomic E-state index is 13.1. The molecule has 0 aliphatic rings. The molecular formula is C12H25FSi. The highest BCUT2D eigenvalue weighted by Crippen LogP contribution is 2.09. The normalized spacial score (nSPS) is 12.6. The Kier molecular flexibility index (Phi) is 8.15. The zero-order chi connectivity index (χ0) is 10.9. The lowest BCUT2D eigenvalue weighted by atomic mass is 10.1. The van der Waals surface area contributed by atoms with Crippen LogP contribution in [0.1, 0.15) is 51.9 Å². The van der Waals surface area contributed by atoms with Gasteiger partial charge in [-0.2, -0.15) is 0 Å². The molecule has 0 bridgehead atoms. The largest absolute Gasteiger partial charge is 0.309 e. The number of unbranched alkanes of at least 4 members (excludes halogenated alkanes) is 6. The quantitative estimate of drug-likeness (QED) is 0.304. The fourth-order valence-electron chi connectivity index (χ4n) is 1.41. The highest BCUT2D eigenvalue weighted by atomic mass is 28.4. The van der Waals surface area contributed by atoms with Crippen LogP contribution in [0.15, 0.2) is 11.8 Å². The Morgan fingerprint density at radius 2 is 1.57 bits per heavy atom. The van der Waals surface area contributed by atoms with Gasteiger partial charge in [-0.05, 0) is 25.9 Å². The van der Waals surface area contributed by atoms with Gasteiger partial charge in [0.25, 0.3) is 8.41 Å². The predicted molar refractivity (Wildman–Crippen MR) is 65.7 cm³/mol. The molecule has 2 heteroatoms. The van der Waals surface area contributed by atoms with Crippen LogP contribution in [0.4, 0.5) is 4.11 Å². The summed E-state index contributed by atoms with van der Waals surface area (Å²) in [5.74, 6) is 0. The van der Waals surface area contributed by atoms with E-state index >= 15 is 0 Å². The van der Waals surface area contributed by atoms with Gasteiger partial charge in [-0.25, -0.2) is 0 Å². The third-order valence-electron chi connectivity index (χ3n) is 2.24. The van der Waals surface area contributed by atoms with Crippen LogP contribution in [-0.2, 0) is 0 Å². The van der Waals surface area contributed by atoms with Crippen LogP contribution < -0.4 is 0 Å². The molecule has 0 aromatic carbocycles. The first-order chi connectivity index (χ1) is 6.56. The summed E-state index contributed by atoms with van der Waals surface area (Å²) >= 11 is 0. The highest BCUT2D eigenvalue weighted by molar-refractivity contribution is 6.75. The molecule has 0 N–H and O–H groups in total. The van der Waals surface area contributed by atoms with Crippen molar-refractivity contribution in [1.29, 1.82) is 0 Å². The van der Waals surface area contributed by atoms with Gasteiger partial charge in [0.15, 0.2) is 0 Å². The summed E-state index contributed by atoms with van der Waals surface area (Å²) in [5.41, 5.74) is 1.80. The Labute approximate surface area is 89.8 Å². The van der Waals surface area contributed by atoms with Crippen molar-refractivity contribution in [3.05, 3.63) is 11.8 Å². The summed E-state index contributed by atoms with van der Waals surface area (Å²) in [6.07, 6.45) is 11.0. The van der Waals surface area contributed by atoms with Crippen molar-refractivity contribution in [3.8, 4) is 0 Å². The summed E-state index contributed by atoms with van der Waals surface area (Å²) in [6.45, 7) is 5.69. The van der Waals surface area contributed by atoms with Crippen molar-refractivity contribution in [3.63, 3.8) is 0 Å². The Balaban J connectivity index is 3.17. The summed E-state index contributed by atoms with van der Waals surface area (Å²) in [4.78, 5) is 0. The van der Waals surface area contributed by atoms with Crippen LogP contribution in [0, 0.1) is 0 Å². The molecule has 0 amide bonds. The molecule has 0 aliphatic carbocycles. The van der Waals surface area contributed by atoms with E-state index in [9.17, 15) is 4.11 Å². The van der Waals surface area contributed by atoms with Gasteiger partial charge in [-0.15, -0.1) is 0 Å². The van der Waals surface area contributed by atoms with Crippen LogP contribution >= 0.6 is 0 Å². The summed E-state index contributed by atoms with van der Waals surface area (Å²) < 4.78 is 13.1. The molecule has 0 spiro atoms. The standard InChI is InChI=1S/C12H25FSi/c1-4-5-6-7-8-9-10-11-12-14(2,3)13/h11-12H,4-10H2,1-3H3/b12-11+. The fourth-order valence-corrected chi connectivity index (χ4v) is 2.13. The molecule has 14 heavy (non-hydrogen) atoms. The number of hydrogen-bond donors (Lipinski definition) is 0. The molecule has 0 unspecified atom stereocenters. The second-order valence-corrected chi connectivity index (χ2v) is 7.99. The maximum Gasteiger partial charge on any atom is 0.264 e. The molecule has 0 radical (unpaired) electrons. The predicted octanol–water partition coefficient (Wildman–Crippen LogP) is 5.01. The van der Waals surface area contributed by atoms with Gasteiger partial charge < -0.3 is 4.11 Å². The minimum atomic E-state index is -2.42. The molecule has 0 aromatic rings. The van der Waals surface area contributed by atoms with E-state index in [-0.39, 0.29) is 0 Å². The van der Waals surface area contributed by atoms with Crippen molar-refractivity contribution in [1.82, 2.24) is 0 Å². The molecule has 0 nitrogen and oxygen atoms in total. The smallest absolute Gasteiger partial charge is 0.264 e. The lowest BCUT2D eigenvalue weighted by Gasteiger charge is -2.02. The minimum absolute atomic E-state index is 1.06. The van der Waals surface area contributed by atoms with Crippen LogP contribution in [0.3, 0.4) is 0 Å². The fraction of sp³-hybridized carbons (Fsp3) is 0.833. The molecule has 84 valence electrons. The number of allylic oxidation sites excluding steroid dienone is 1. The van der Waals surface area contributed by atoms with Crippen molar-refractivity contribution in [2.75, 3.05) is 0 Å². The van der Waals surface area contributed by atoms with Crippen LogP contribution in [0.5, 0.6) is 0 Å². The Hall–Kier alpha value is -0.113. The Morgan fingerprint density at radius 1 is 1.00 bits per heavy atom. The topological polar surface area (TPSA) is 0 Å². The summed E-state index contributed by atoms with van der Waals surface area (Å²) in [6, 6.07) is 0. The van der Waals surface area contributed by atoms with Gasteiger partial charge in [-0.3, -0.25) is 0 Å². The van der Waals surface area contributed by atoms with Crippen molar-refractivity contribution >= 4 is 8.41 Å². The third kappa shape index (κ3) is 11.9. The van der Waals surface area contributed by atoms with E-state index < -0.39 is 8.41 Å². The second-order valence-electron chi connectivity index (χ2n) is 4.52. The van der Waals surface area contributed by atoms with Crippen molar-refractivity contribution in [2.24, 2.45) is 0 Å². The van der Waals surface area contributed by atoms with E-state index in [1.54, 1.807) is 18.8 Å². The number of rotatable bonds is 8. The summed E-state index contributed by atoms with van der Waals surface area (Å²) in [5, 5.41) is 0. The van der Waals surface area contributed by atoms with E-state index in [0.29, 0.717) is 0 Å². The summed E-state index contributed by atoms with van der Waals surface area (Å²) in [7, 11) is -2.42. The van der Waals surface area contributed by atoms with Crippen molar-refractivity contribution < 1.29 is 4.11 Å². The van der Waals surface area contributed by atoms with Crippen LogP contribution in [0.2, 0.25) is 13.1 Å². The van der Waals surface area contributed by atoms with Gasteiger partial charge in [0.2, 0.25) is 0 Å². The average molecular weight is 216 g/mol. The third-order valence-corrected chi connectivity index (χ3v) is 3.27. The first-order valence-electron chi connectivity index (χ1n) is 5.93. The van der Waals surface area contributed by atoms with Crippen molar-refractivity contribution in [2.45, 2.75) is 65.0 Å². The molecule has 0 heterocycles. The average Bonchev–Trinajstić information content (AvgIpc) is 2.08. The van der Waals surface area contributed by atoms with Gasteiger partial charge in [0, 0.05) is 0 Å². The van der Waals surface area contributed by atoms with Crippen LogP contribution in [0.25, 0.3) is 0 Å². The first kappa shape index (κ1) is 13.9. The molecule has 0 saturated carbocycles. The Bertz CT molecular complexity index is 147. The molecule has 0 aromatic heterocycles. The van der Waals surface area contributed by atoms with E-state index in [0.717, 1.165) is 6.42 Å². The van der Waals surface area contributed by atoms with Gasteiger partial charge in [0.1, 0.15) is 0 Å². The zero-order valence-electron chi connectivity index (χ0n) is 9.98. The molecule has 0 fully saturated rings. The molecule has 0 rings (SSSR count). The lowest BCUT2D eigenvalue weighted by molar-refractivity contribution is 0.611. The molecule has 0 aliphatic heterocycles. The van der Waals surface area contributed by atoms with E-state index in [1.165, 1.54) is 38.5 Å². The number of hydrogen-bond acceptors (Lipinski definition) is 0. The van der Waals surface area contributed by atoms with E-state index in [1.807, 2.05) is 6.08 Å². The first-order valence-corrected chi connectivity index (χ1v) is 8.88. The highest BCUT2D eigenvalue weighted by Gasteiger charge is 2.13. The van der Waals surface area contributed by atoms with Gasteiger partial charge in [0.05, 0.1) is 0 Å². The molecule has 0 saturated heterocycles. The Morgan fingerprint density at radius 3 is 2.14 bits per heavy atom. The van der Waals surface area contributed by atoms with E-state index in [4.69, 9.17) is 0 Å². The minimum Gasteiger partial charge on any atom is -0.309 e. The maximum atomic E-state index is 13.1.